The third kappa shape index (κ3) is 5.53. The van der Waals surface area contributed by atoms with Crippen LogP contribution in [0, 0.1) is 20.8 Å². The molecular weight excluding hydrogens is 384 g/mol. The van der Waals surface area contributed by atoms with E-state index in [1.54, 1.807) is 11.8 Å². The molecule has 1 aliphatic carbocycles. The van der Waals surface area contributed by atoms with Crippen LogP contribution >= 0.6 is 11.8 Å². The Morgan fingerprint density at radius 2 is 1.90 bits per heavy atom. The van der Waals surface area contributed by atoms with Crippen molar-refractivity contribution in [2.24, 2.45) is 0 Å². The zero-order valence-corrected chi connectivity index (χ0v) is 18.8. The summed E-state index contributed by atoms with van der Waals surface area (Å²) in [5.74, 6) is 1.75. The smallest absolute Gasteiger partial charge is 0.257 e. The zero-order valence-electron chi connectivity index (χ0n) is 18.0. The fourth-order valence-electron chi connectivity index (χ4n) is 4.20. The number of thioether (sulfide) groups is 1. The number of carbonyl (C=O) groups excluding carboxylic acids is 1. The van der Waals surface area contributed by atoms with Crippen LogP contribution in [0.4, 0.5) is 0 Å². The first-order valence-corrected chi connectivity index (χ1v) is 11.7. The molecule has 1 saturated carbocycles. The lowest BCUT2D eigenvalue weighted by Crippen LogP contribution is -2.30. The molecule has 0 atom stereocenters. The summed E-state index contributed by atoms with van der Waals surface area (Å²) < 4.78 is 8.09. The van der Waals surface area contributed by atoms with E-state index in [1.807, 2.05) is 13.8 Å². The number of ether oxygens (including phenoxy) is 1. The molecule has 0 bridgehead atoms. The predicted molar refractivity (Wildman–Crippen MR) is 117 cm³/mol. The lowest BCUT2D eigenvalue weighted by Gasteiger charge is -2.16. The molecule has 0 radical (unpaired) electrons. The monoisotopic (exact) mass is 416 g/mol. The summed E-state index contributed by atoms with van der Waals surface area (Å²) in [5.41, 5.74) is 3.32. The van der Waals surface area contributed by atoms with Gasteiger partial charge in [-0.3, -0.25) is 4.79 Å². The molecule has 1 aromatic carbocycles. The van der Waals surface area contributed by atoms with Gasteiger partial charge in [0, 0.05) is 19.0 Å². The van der Waals surface area contributed by atoms with Crippen LogP contribution in [-0.4, -0.2) is 40.1 Å². The molecule has 29 heavy (non-hydrogen) atoms. The number of amides is 1. The number of nitrogens with one attached hydrogen (secondary N) is 1. The van der Waals surface area contributed by atoms with Crippen molar-refractivity contribution in [3.8, 4) is 5.75 Å². The van der Waals surface area contributed by atoms with E-state index in [2.05, 4.69) is 45.4 Å². The van der Waals surface area contributed by atoms with Crippen LogP contribution in [-0.2, 0) is 11.2 Å². The minimum absolute atomic E-state index is 0.0413. The highest BCUT2D eigenvalue weighted by molar-refractivity contribution is 7.98. The molecule has 1 N–H and O–H groups in total. The van der Waals surface area contributed by atoms with Crippen molar-refractivity contribution in [3.05, 3.63) is 34.6 Å². The Labute approximate surface area is 177 Å². The zero-order chi connectivity index (χ0) is 20.8. The second-order valence-corrected chi connectivity index (χ2v) is 8.65. The molecule has 158 valence electrons. The lowest BCUT2D eigenvalue weighted by molar-refractivity contribution is -0.123. The number of aryl methyl sites for hydroxylation is 4. The van der Waals surface area contributed by atoms with E-state index in [0.29, 0.717) is 12.6 Å². The van der Waals surface area contributed by atoms with Crippen molar-refractivity contribution in [3.63, 3.8) is 0 Å². The molecule has 1 aliphatic rings. The molecule has 0 unspecified atom stereocenters. The van der Waals surface area contributed by atoms with Gasteiger partial charge in [-0.05, 0) is 57.4 Å². The Balaban J connectivity index is 1.45. The summed E-state index contributed by atoms with van der Waals surface area (Å²) >= 11 is 1.66. The minimum atomic E-state index is -0.0913. The third-order valence-electron chi connectivity index (χ3n) is 5.46. The van der Waals surface area contributed by atoms with Crippen LogP contribution in [0.25, 0.3) is 0 Å². The maximum atomic E-state index is 12.2. The van der Waals surface area contributed by atoms with Crippen molar-refractivity contribution in [2.45, 2.75) is 70.5 Å². The Morgan fingerprint density at radius 3 is 2.55 bits per heavy atom. The average molecular weight is 417 g/mol. The normalized spacial score (nSPS) is 14.3. The van der Waals surface area contributed by atoms with Crippen LogP contribution in [0.3, 0.4) is 0 Å². The Kier molecular flexibility index (Phi) is 7.58. The maximum Gasteiger partial charge on any atom is 0.257 e. The van der Waals surface area contributed by atoms with Gasteiger partial charge in [0.2, 0.25) is 0 Å². The fraction of sp³-hybridized carbons (Fsp3) is 0.591. The van der Waals surface area contributed by atoms with Crippen LogP contribution in [0.2, 0.25) is 0 Å². The van der Waals surface area contributed by atoms with Gasteiger partial charge in [0.1, 0.15) is 11.6 Å². The summed E-state index contributed by atoms with van der Waals surface area (Å²) in [4.78, 5) is 12.2. The molecule has 3 rings (SSSR count). The first-order valence-electron chi connectivity index (χ1n) is 10.4. The molecule has 0 aliphatic heterocycles. The Bertz CT molecular complexity index is 820. The lowest BCUT2D eigenvalue weighted by atomic mass is 10.1. The molecular formula is C22H32N4O2S. The molecule has 1 fully saturated rings. The second kappa shape index (κ2) is 10.1. The van der Waals surface area contributed by atoms with Gasteiger partial charge in [-0.25, -0.2) is 0 Å². The summed E-state index contributed by atoms with van der Waals surface area (Å²) in [6, 6.07) is 4.68. The number of aromatic nitrogens is 3. The van der Waals surface area contributed by atoms with E-state index >= 15 is 0 Å². The van der Waals surface area contributed by atoms with E-state index in [1.165, 1.54) is 31.2 Å². The maximum absolute atomic E-state index is 12.2. The van der Waals surface area contributed by atoms with Gasteiger partial charge in [0.05, 0.1) is 0 Å². The van der Waals surface area contributed by atoms with Gasteiger partial charge in [-0.2, -0.15) is 0 Å². The highest BCUT2D eigenvalue weighted by Gasteiger charge is 2.23. The first-order chi connectivity index (χ1) is 14.0. The van der Waals surface area contributed by atoms with E-state index in [4.69, 9.17) is 4.74 Å². The highest BCUT2D eigenvalue weighted by atomic mass is 32.2. The summed E-state index contributed by atoms with van der Waals surface area (Å²) in [6.07, 6.45) is 8.71. The van der Waals surface area contributed by atoms with E-state index in [0.717, 1.165) is 40.7 Å². The van der Waals surface area contributed by atoms with Gasteiger partial charge in [0.15, 0.2) is 11.8 Å². The standard InChI is InChI=1S/C22H32N4O2S/c1-15-12-16(2)21(17(3)13-15)28-14-20(27)23-11-7-10-19-24-25-22(29-4)26(19)18-8-5-6-9-18/h12-13,18H,5-11,14H2,1-4H3,(H,23,27). The van der Waals surface area contributed by atoms with Crippen molar-refractivity contribution in [2.75, 3.05) is 19.4 Å². The number of rotatable bonds is 9. The first kappa shape index (κ1) is 21.7. The van der Waals surface area contributed by atoms with Gasteiger partial charge in [-0.1, -0.05) is 42.3 Å². The second-order valence-electron chi connectivity index (χ2n) is 7.88. The summed E-state index contributed by atoms with van der Waals surface area (Å²) in [5, 5.41) is 12.7. The number of hydrogen-bond donors (Lipinski definition) is 1. The van der Waals surface area contributed by atoms with Crippen LogP contribution in [0.1, 0.15) is 60.7 Å². The molecule has 6 nitrogen and oxygen atoms in total. The number of benzene rings is 1. The van der Waals surface area contributed by atoms with Gasteiger partial charge in [0.25, 0.3) is 5.91 Å². The van der Waals surface area contributed by atoms with Crippen LogP contribution in [0.5, 0.6) is 5.75 Å². The van der Waals surface area contributed by atoms with E-state index < -0.39 is 0 Å². The molecule has 0 spiro atoms. The molecule has 1 heterocycles. The largest absolute Gasteiger partial charge is 0.483 e. The number of nitrogens with zero attached hydrogens (tertiary/aromatic N) is 3. The van der Waals surface area contributed by atoms with Gasteiger partial charge >= 0.3 is 0 Å². The van der Waals surface area contributed by atoms with Gasteiger partial charge < -0.3 is 14.6 Å². The predicted octanol–water partition coefficient (Wildman–Crippen LogP) is 4.17. The molecule has 1 amide bonds. The third-order valence-corrected chi connectivity index (χ3v) is 6.10. The highest BCUT2D eigenvalue weighted by Crippen LogP contribution is 2.33. The van der Waals surface area contributed by atoms with E-state index in [9.17, 15) is 4.79 Å². The Morgan fingerprint density at radius 1 is 1.21 bits per heavy atom. The summed E-state index contributed by atoms with van der Waals surface area (Å²) in [6.45, 7) is 6.74. The summed E-state index contributed by atoms with van der Waals surface area (Å²) in [7, 11) is 0. The van der Waals surface area contributed by atoms with Crippen molar-refractivity contribution < 1.29 is 9.53 Å². The Hall–Kier alpha value is -2.02. The quantitative estimate of drug-likeness (QED) is 0.491. The topological polar surface area (TPSA) is 69.0 Å². The fourth-order valence-corrected chi connectivity index (χ4v) is 4.78. The number of carbonyl (C=O) groups is 1. The van der Waals surface area contributed by atoms with E-state index in [-0.39, 0.29) is 12.5 Å². The molecule has 0 saturated heterocycles. The van der Waals surface area contributed by atoms with Crippen molar-refractivity contribution in [1.29, 1.82) is 0 Å². The van der Waals surface area contributed by atoms with Crippen molar-refractivity contribution in [1.82, 2.24) is 20.1 Å². The minimum Gasteiger partial charge on any atom is -0.483 e. The molecule has 7 heteroatoms. The van der Waals surface area contributed by atoms with Gasteiger partial charge in [-0.15, -0.1) is 10.2 Å². The van der Waals surface area contributed by atoms with Crippen molar-refractivity contribution >= 4 is 17.7 Å². The molecule has 2 aromatic rings. The van der Waals surface area contributed by atoms with Crippen LogP contribution < -0.4 is 10.1 Å². The average Bonchev–Trinajstić information content (AvgIpc) is 3.33. The SMILES string of the molecule is CSc1nnc(CCCNC(=O)COc2c(C)cc(C)cc2C)n1C1CCCC1. The van der Waals surface area contributed by atoms with Crippen LogP contribution in [0.15, 0.2) is 17.3 Å². The molecule has 1 aromatic heterocycles. The number of hydrogen-bond acceptors (Lipinski definition) is 5.